The number of carboxylic acid groups (broad SMARTS) is 1. The predicted octanol–water partition coefficient (Wildman–Crippen LogP) is -0.894. The van der Waals surface area contributed by atoms with Gasteiger partial charge in [-0.15, -0.1) is 0 Å². The molecule has 188 valence electrons. The summed E-state index contributed by atoms with van der Waals surface area (Å²) >= 11 is 0. The molecule has 35 heavy (non-hydrogen) atoms. The fraction of sp³-hybridized carbons (Fsp3) is 0.304. The summed E-state index contributed by atoms with van der Waals surface area (Å²) in [6.07, 6.45) is 0.00643. The van der Waals surface area contributed by atoms with Crippen LogP contribution in [0.25, 0.3) is 0 Å². The summed E-state index contributed by atoms with van der Waals surface area (Å²) in [6, 6.07) is 6.61. The van der Waals surface area contributed by atoms with Gasteiger partial charge in [-0.1, -0.05) is 18.2 Å². The monoisotopic (exact) mass is 488 g/mol. The molecule has 0 aliphatic rings. The van der Waals surface area contributed by atoms with Crippen LogP contribution in [0.1, 0.15) is 18.1 Å². The molecular weight excluding hydrogens is 460 g/mol. The van der Waals surface area contributed by atoms with Crippen LogP contribution in [-0.2, 0) is 32.0 Å². The molecule has 0 fully saturated rings. The minimum atomic E-state index is -1.35. The summed E-state index contributed by atoms with van der Waals surface area (Å²) < 4.78 is 0. The lowest BCUT2D eigenvalue weighted by atomic mass is 10.1. The van der Waals surface area contributed by atoms with Crippen LogP contribution in [-0.4, -0.2) is 68.8 Å². The Balaban J connectivity index is 1.81. The Morgan fingerprint density at radius 2 is 1.49 bits per heavy atom. The van der Waals surface area contributed by atoms with Gasteiger partial charge in [0.05, 0.1) is 12.6 Å². The number of phenols is 3. The number of nitrogens with one attached hydrogen (secondary N) is 3. The van der Waals surface area contributed by atoms with Gasteiger partial charge in [-0.05, 0) is 48.7 Å². The first-order valence-corrected chi connectivity index (χ1v) is 10.6. The second-order valence-electron chi connectivity index (χ2n) is 7.91. The maximum atomic E-state index is 12.3. The zero-order chi connectivity index (χ0) is 26.1. The molecule has 0 aromatic heterocycles. The molecular formula is C23H28N4O8. The highest BCUT2D eigenvalue weighted by Crippen LogP contribution is 2.25. The van der Waals surface area contributed by atoms with E-state index in [1.54, 1.807) is 12.1 Å². The van der Waals surface area contributed by atoms with Gasteiger partial charge in [-0.2, -0.15) is 0 Å². The lowest BCUT2D eigenvalue weighted by molar-refractivity contribution is -0.141. The van der Waals surface area contributed by atoms with E-state index in [1.165, 1.54) is 37.3 Å². The number of hydrogen-bond acceptors (Lipinski definition) is 8. The lowest BCUT2D eigenvalue weighted by Crippen LogP contribution is -2.52. The van der Waals surface area contributed by atoms with Crippen molar-refractivity contribution in [2.24, 2.45) is 5.73 Å². The Bertz CT molecular complexity index is 1070. The highest BCUT2D eigenvalue weighted by atomic mass is 16.4. The molecule has 0 saturated carbocycles. The number of aliphatic carboxylic acids is 1. The lowest BCUT2D eigenvalue weighted by Gasteiger charge is -2.18. The van der Waals surface area contributed by atoms with Crippen molar-refractivity contribution >= 4 is 23.7 Å². The standard InChI is InChI=1S/C23H28N4O8/c1-12(26-22(33)16(24)8-13-2-5-15(28)6-3-13)21(32)25-11-20(31)27-17(23(34)35)9-14-4-7-18(29)19(30)10-14/h2-7,10,12,16-17,28-30H,8-9,11,24H2,1H3,(H,25,32)(H,26,33)(H,27,31)(H,34,35)/t12-,16?,17?/m1/s1. The molecule has 0 aliphatic carbocycles. The summed E-state index contributed by atoms with van der Waals surface area (Å²) in [6.45, 7) is 0.860. The van der Waals surface area contributed by atoms with E-state index in [9.17, 15) is 39.6 Å². The van der Waals surface area contributed by atoms with Crippen LogP contribution in [0.4, 0.5) is 0 Å². The van der Waals surface area contributed by atoms with Crippen molar-refractivity contribution in [3.8, 4) is 17.2 Å². The Kier molecular flexibility index (Phi) is 9.41. The van der Waals surface area contributed by atoms with E-state index in [2.05, 4.69) is 16.0 Å². The number of nitrogens with two attached hydrogens (primary N) is 1. The summed E-state index contributed by atoms with van der Waals surface area (Å²) in [5.74, 6) is -4.10. The number of carbonyl (C=O) groups excluding carboxylic acids is 3. The summed E-state index contributed by atoms with van der Waals surface area (Å²) in [5.41, 5.74) is 6.94. The SMILES string of the molecule is C[C@@H](NC(=O)C(N)Cc1ccc(O)cc1)C(=O)NCC(=O)NC(Cc1ccc(O)c(O)c1)C(=O)O. The second-order valence-corrected chi connectivity index (χ2v) is 7.91. The smallest absolute Gasteiger partial charge is 0.326 e. The highest BCUT2D eigenvalue weighted by molar-refractivity contribution is 5.92. The average Bonchev–Trinajstić information content (AvgIpc) is 2.80. The number of carbonyl (C=O) groups is 4. The van der Waals surface area contributed by atoms with Gasteiger partial charge in [0.1, 0.15) is 17.8 Å². The zero-order valence-electron chi connectivity index (χ0n) is 18.9. The Morgan fingerprint density at radius 1 is 0.857 bits per heavy atom. The van der Waals surface area contributed by atoms with Gasteiger partial charge >= 0.3 is 5.97 Å². The summed E-state index contributed by atoms with van der Waals surface area (Å²) in [5, 5.41) is 44.5. The molecule has 3 atom stereocenters. The third-order valence-electron chi connectivity index (χ3n) is 5.02. The molecule has 0 heterocycles. The number of aromatic hydroxyl groups is 3. The maximum absolute atomic E-state index is 12.3. The van der Waals surface area contributed by atoms with E-state index in [1.807, 2.05) is 0 Å². The predicted molar refractivity (Wildman–Crippen MR) is 123 cm³/mol. The van der Waals surface area contributed by atoms with Crippen molar-refractivity contribution in [1.29, 1.82) is 0 Å². The van der Waals surface area contributed by atoms with Gasteiger partial charge in [0.25, 0.3) is 0 Å². The van der Waals surface area contributed by atoms with Crippen LogP contribution in [0, 0.1) is 0 Å². The van der Waals surface area contributed by atoms with Crippen LogP contribution in [0.3, 0.4) is 0 Å². The third-order valence-corrected chi connectivity index (χ3v) is 5.02. The van der Waals surface area contributed by atoms with Crippen molar-refractivity contribution in [2.45, 2.75) is 37.9 Å². The van der Waals surface area contributed by atoms with E-state index in [-0.39, 0.29) is 24.3 Å². The van der Waals surface area contributed by atoms with Crippen molar-refractivity contribution in [3.05, 3.63) is 53.6 Å². The molecule has 9 N–H and O–H groups in total. The van der Waals surface area contributed by atoms with Crippen molar-refractivity contribution in [2.75, 3.05) is 6.54 Å². The molecule has 2 unspecified atom stereocenters. The molecule has 0 radical (unpaired) electrons. The molecule has 0 spiro atoms. The van der Waals surface area contributed by atoms with E-state index in [0.717, 1.165) is 5.56 Å². The normalized spacial score (nSPS) is 13.2. The molecule has 2 aromatic carbocycles. The third kappa shape index (κ3) is 8.51. The van der Waals surface area contributed by atoms with E-state index < -0.39 is 54.1 Å². The van der Waals surface area contributed by atoms with Gasteiger partial charge < -0.3 is 42.1 Å². The summed E-state index contributed by atoms with van der Waals surface area (Å²) in [7, 11) is 0. The van der Waals surface area contributed by atoms with Gasteiger partial charge in [0, 0.05) is 6.42 Å². The largest absolute Gasteiger partial charge is 0.508 e. The average molecular weight is 488 g/mol. The van der Waals surface area contributed by atoms with E-state index >= 15 is 0 Å². The van der Waals surface area contributed by atoms with Crippen molar-refractivity contribution in [3.63, 3.8) is 0 Å². The number of hydrogen-bond donors (Lipinski definition) is 8. The molecule has 12 nitrogen and oxygen atoms in total. The maximum Gasteiger partial charge on any atom is 0.326 e. The number of phenolic OH excluding ortho intramolecular Hbond substituents is 3. The molecule has 2 aromatic rings. The molecule has 12 heteroatoms. The first-order chi connectivity index (χ1) is 16.5. The molecule has 3 amide bonds. The molecule has 0 aliphatic heterocycles. The van der Waals surface area contributed by atoms with Crippen molar-refractivity contribution in [1.82, 2.24) is 16.0 Å². The zero-order valence-corrected chi connectivity index (χ0v) is 18.9. The first kappa shape index (κ1) is 26.9. The quantitative estimate of drug-likeness (QED) is 0.184. The molecule has 0 bridgehead atoms. The molecule has 2 rings (SSSR count). The number of amides is 3. The van der Waals surface area contributed by atoms with E-state index in [0.29, 0.717) is 5.56 Å². The topological polar surface area (TPSA) is 211 Å². The minimum Gasteiger partial charge on any atom is -0.508 e. The van der Waals surface area contributed by atoms with Crippen molar-refractivity contribution < 1.29 is 39.6 Å². The Labute approximate surface area is 200 Å². The van der Waals surface area contributed by atoms with Gasteiger partial charge in [0.2, 0.25) is 17.7 Å². The summed E-state index contributed by atoms with van der Waals surface area (Å²) in [4.78, 5) is 48.1. The number of carboxylic acids is 1. The highest BCUT2D eigenvalue weighted by Gasteiger charge is 2.23. The van der Waals surface area contributed by atoms with Crippen LogP contribution < -0.4 is 21.7 Å². The first-order valence-electron chi connectivity index (χ1n) is 10.6. The van der Waals surface area contributed by atoms with Crippen LogP contribution in [0.15, 0.2) is 42.5 Å². The molecule has 0 saturated heterocycles. The Hall–Kier alpha value is -4.32. The van der Waals surface area contributed by atoms with E-state index in [4.69, 9.17) is 5.73 Å². The Morgan fingerprint density at radius 3 is 2.09 bits per heavy atom. The number of benzene rings is 2. The van der Waals surface area contributed by atoms with Gasteiger partial charge in [0.15, 0.2) is 11.5 Å². The van der Waals surface area contributed by atoms with Gasteiger partial charge in [-0.25, -0.2) is 4.79 Å². The van der Waals surface area contributed by atoms with Crippen LogP contribution in [0.5, 0.6) is 17.2 Å². The fourth-order valence-electron chi connectivity index (χ4n) is 3.06. The number of rotatable bonds is 11. The second kappa shape index (κ2) is 12.2. The fourth-order valence-corrected chi connectivity index (χ4v) is 3.06. The van der Waals surface area contributed by atoms with Crippen LogP contribution >= 0.6 is 0 Å². The minimum absolute atomic E-state index is 0.0791. The van der Waals surface area contributed by atoms with Gasteiger partial charge in [-0.3, -0.25) is 14.4 Å². The van der Waals surface area contributed by atoms with Crippen LogP contribution in [0.2, 0.25) is 0 Å².